The van der Waals surface area contributed by atoms with Crippen molar-refractivity contribution < 1.29 is 4.52 Å². The fourth-order valence-electron chi connectivity index (χ4n) is 2.41. The van der Waals surface area contributed by atoms with E-state index in [9.17, 15) is 0 Å². The third kappa shape index (κ3) is 7.90. The zero-order valence-corrected chi connectivity index (χ0v) is 17.6. The van der Waals surface area contributed by atoms with Gasteiger partial charge >= 0.3 is 0 Å². The van der Waals surface area contributed by atoms with E-state index in [0.29, 0.717) is 12.6 Å². The molecule has 1 unspecified atom stereocenters. The van der Waals surface area contributed by atoms with Crippen LogP contribution in [0.5, 0.6) is 0 Å². The number of aliphatic imine (C=N–C) groups is 1. The molecule has 0 aliphatic heterocycles. The minimum absolute atomic E-state index is 0. The lowest BCUT2D eigenvalue weighted by Crippen LogP contribution is -2.42. The first-order valence-electron chi connectivity index (χ1n) is 8.74. The summed E-state index contributed by atoms with van der Waals surface area (Å²) >= 11 is 0. The van der Waals surface area contributed by atoms with Crippen LogP contribution in [0.3, 0.4) is 0 Å². The third-order valence-corrected chi connectivity index (χ3v) is 3.80. The molecule has 2 aromatic rings. The highest BCUT2D eigenvalue weighted by molar-refractivity contribution is 14.0. The number of nitrogens with zero attached hydrogens (tertiary/aromatic N) is 2. The number of hydrogen-bond acceptors (Lipinski definition) is 3. The number of rotatable bonds is 8. The highest BCUT2D eigenvalue weighted by Gasteiger charge is 2.07. The van der Waals surface area contributed by atoms with Crippen LogP contribution in [0.1, 0.15) is 44.2 Å². The van der Waals surface area contributed by atoms with Crippen molar-refractivity contribution in [3.63, 3.8) is 0 Å². The van der Waals surface area contributed by atoms with E-state index in [1.54, 1.807) is 0 Å². The van der Waals surface area contributed by atoms with Gasteiger partial charge in [-0.3, -0.25) is 0 Å². The topological polar surface area (TPSA) is 62.5 Å². The molecule has 1 aromatic carbocycles. The molecule has 0 bridgehead atoms. The van der Waals surface area contributed by atoms with Gasteiger partial charge in [0.15, 0.2) is 11.7 Å². The number of benzene rings is 1. The van der Waals surface area contributed by atoms with Gasteiger partial charge in [-0.25, -0.2) is 4.99 Å². The summed E-state index contributed by atoms with van der Waals surface area (Å²) in [6, 6.07) is 12.9. The van der Waals surface area contributed by atoms with Crippen LogP contribution in [0.25, 0.3) is 0 Å². The molecule has 0 spiro atoms. The zero-order valence-electron chi connectivity index (χ0n) is 15.3. The summed E-state index contributed by atoms with van der Waals surface area (Å²) in [7, 11) is 0. The van der Waals surface area contributed by atoms with Crippen LogP contribution in [-0.4, -0.2) is 23.7 Å². The lowest BCUT2D eigenvalue weighted by atomic mass is 10.1. The lowest BCUT2D eigenvalue weighted by Gasteiger charge is -2.17. The summed E-state index contributed by atoms with van der Waals surface area (Å²) < 4.78 is 5.28. The van der Waals surface area contributed by atoms with Gasteiger partial charge in [0.1, 0.15) is 6.54 Å². The van der Waals surface area contributed by atoms with E-state index in [-0.39, 0.29) is 24.0 Å². The highest BCUT2D eigenvalue weighted by atomic mass is 127. The predicted octanol–water partition coefficient (Wildman–Crippen LogP) is 3.93. The maximum atomic E-state index is 5.28. The molecule has 0 fully saturated rings. The molecule has 1 aromatic heterocycles. The Kier molecular flexibility index (Phi) is 10.2. The largest absolute Gasteiger partial charge is 0.359 e. The quantitative estimate of drug-likeness (QED) is 0.359. The molecule has 0 amide bonds. The SMILES string of the molecule is CCNC(=NCc1cc(CC)no1)NC(C)CCc1ccccc1.I. The first-order chi connectivity index (χ1) is 11.7. The first-order valence-corrected chi connectivity index (χ1v) is 8.74. The minimum atomic E-state index is 0. The molecular weight excluding hydrogens is 427 g/mol. The molecule has 5 nitrogen and oxygen atoms in total. The molecule has 0 radical (unpaired) electrons. The average molecular weight is 456 g/mol. The normalized spacial score (nSPS) is 12.4. The van der Waals surface area contributed by atoms with Gasteiger partial charge in [0, 0.05) is 18.7 Å². The van der Waals surface area contributed by atoms with Crippen LogP contribution in [0.4, 0.5) is 0 Å². The van der Waals surface area contributed by atoms with Gasteiger partial charge in [0.05, 0.1) is 5.69 Å². The van der Waals surface area contributed by atoms with Crippen LogP contribution in [0.15, 0.2) is 45.9 Å². The maximum Gasteiger partial charge on any atom is 0.191 e. The van der Waals surface area contributed by atoms with Crippen molar-refractivity contribution in [3.8, 4) is 0 Å². The molecule has 138 valence electrons. The standard InChI is InChI=1S/C19H28N4O.HI/c1-4-17-13-18(24-23-17)14-21-19(20-5-2)22-15(3)11-12-16-9-7-6-8-10-16;/h6-10,13,15H,4-5,11-12,14H2,1-3H3,(H2,20,21,22);1H. The molecule has 25 heavy (non-hydrogen) atoms. The Bertz CT molecular complexity index is 627. The molecular formula is C19H29IN4O. The second kappa shape index (κ2) is 11.9. The number of guanidine groups is 1. The lowest BCUT2D eigenvalue weighted by molar-refractivity contribution is 0.379. The van der Waals surface area contributed by atoms with Crippen LogP contribution in [0, 0.1) is 0 Å². The van der Waals surface area contributed by atoms with Crippen LogP contribution >= 0.6 is 24.0 Å². The average Bonchev–Trinajstić information content (AvgIpc) is 3.07. The summed E-state index contributed by atoms with van der Waals surface area (Å²) in [6.45, 7) is 7.63. The second-order valence-electron chi connectivity index (χ2n) is 5.90. The van der Waals surface area contributed by atoms with Crippen molar-refractivity contribution in [2.24, 2.45) is 4.99 Å². The number of nitrogens with one attached hydrogen (secondary N) is 2. The molecule has 2 N–H and O–H groups in total. The van der Waals surface area contributed by atoms with E-state index in [2.05, 4.69) is 71.9 Å². The number of halogens is 1. The number of aromatic nitrogens is 1. The number of hydrogen-bond donors (Lipinski definition) is 2. The molecule has 1 heterocycles. The van der Waals surface area contributed by atoms with Crippen molar-refractivity contribution >= 4 is 29.9 Å². The highest BCUT2D eigenvalue weighted by Crippen LogP contribution is 2.06. The summed E-state index contributed by atoms with van der Waals surface area (Å²) in [5.41, 5.74) is 2.33. The van der Waals surface area contributed by atoms with Crippen LogP contribution in [-0.2, 0) is 19.4 Å². The van der Waals surface area contributed by atoms with Gasteiger partial charge in [-0.2, -0.15) is 0 Å². The zero-order chi connectivity index (χ0) is 17.2. The van der Waals surface area contributed by atoms with E-state index in [0.717, 1.165) is 43.2 Å². The maximum absolute atomic E-state index is 5.28. The summed E-state index contributed by atoms with van der Waals surface area (Å²) in [4.78, 5) is 4.59. The Balaban J connectivity index is 0.00000312. The van der Waals surface area contributed by atoms with Gasteiger partial charge in [0.25, 0.3) is 0 Å². The van der Waals surface area contributed by atoms with Crippen molar-refractivity contribution in [2.45, 2.75) is 52.6 Å². The monoisotopic (exact) mass is 456 g/mol. The second-order valence-corrected chi connectivity index (χ2v) is 5.90. The van der Waals surface area contributed by atoms with E-state index < -0.39 is 0 Å². The summed E-state index contributed by atoms with van der Waals surface area (Å²) in [5, 5.41) is 10.7. The van der Waals surface area contributed by atoms with Crippen LogP contribution < -0.4 is 10.6 Å². The minimum Gasteiger partial charge on any atom is -0.359 e. The molecule has 0 aliphatic rings. The Morgan fingerprint density at radius 1 is 1.24 bits per heavy atom. The Morgan fingerprint density at radius 2 is 2.00 bits per heavy atom. The molecule has 0 saturated heterocycles. The van der Waals surface area contributed by atoms with E-state index in [1.165, 1.54) is 5.56 Å². The van der Waals surface area contributed by atoms with Crippen molar-refractivity contribution in [2.75, 3.05) is 6.54 Å². The fourth-order valence-corrected chi connectivity index (χ4v) is 2.41. The number of aryl methyl sites for hydroxylation is 2. The van der Waals surface area contributed by atoms with Gasteiger partial charge in [-0.1, -0.05) is 42.4 Å². The first kappa shape index (κ1) is 21.5. The molecule has 0 aliphatic carbocycles. The van der Waals surface area contributed by atoms with Crippen molar-refractivity contribution in [1.29, 1.82) is 0 Å². The molecule has 0 saturated carbocycles. The fraction of sp³-hybridized carbons (Fsp3) is 0.474. The smallest absolute Gasteiger partial charge is 0.191 e. The van der Waals surface area contributed by atoms with E-state index in [4.69, 9.17) is 4.52 Å². The molecule has 6 heteroatoms. The van der Waals surface area contributed by atoms with Gasteiger partial charge in [0.2, 0.25) is 0 Å². The van der Waals surface area contributed by atoms with Crippen molar-refractivity contribution in [3.05, 3.63) is 53.4 Å². The van der Waals surface area contributed by atoms with E-state index >= 15 is 0 Å². The van der Waals surface area contributed by atoms with Crippen molar-refractivity contribution in [1.82, 2.24) is 15.8 Å². The summed E-state index contributed by atoms with van der Waals surface area (Å²) in [5.74, 6) is 1.61. The summed E-state index contributed by atoms with van der Waals surface area (Å²) in [6.07, 6.45) is 2.98. The van der Waals surface area contributed by atoms with Gasteiger partial charge in [-0.05, 0) is 38.7 Å². The van der Waals surface area contributed by atoms with Gasteiger partial charge in [-0.15, -0.1) is 24.0 Å². The Labute approximate surface area is 167 Å². The van der Waals surface area contributed by atoms with Gasteiger partial charge < -0.3 is 15.2 Å². The molecule has 1 atom stereocenters. The third-order valence-electron chi connectivity index (χ3n) is 3.80. The molecule has 2 rings (SSSR count). The predicted molar refractivity (Wildman–Crippen MR) is 113 cm³/mol. The Hall–Kier alpha value is -1.57. The van der Waals surface area contributed by atoms with Crippen LogP contribution in [0.2, 0.25) is 0 Å². The van der Waals surface area contributed by atoms with E-state index in [1.807, 2.05) is 6.07 Å². The Morgan fingerprint density at radius 3 is 2.64 bits per heavy atom.